The molecule has 0 fully saturated rings. The van der Waals surface area contributed by atoms with Crippen LogP contribution in [0.2, 0.25) is 0 Å². The Morgan fingerprint density at radius 3 is 2.42 bits per heavy atom. The van der Waals surface area contributed by atoms with Crippen molar-refractivity contribution in [1.82, 2.24) is 5.32 Å². The Kier molecular flexibility index (Phi) is 4.90. The highest BCUT2D eigenvalue weighted by Gasteiger charge is 2.17. The fourth-order valence-corrected chi connectivity index (χ4v) is 1.03. The summed E-state index contributed by atoms with van der Waals surface area (Å²) in [4.78, 5) is 10.3. The largest absolute Gasteiger partial charge is 0.481 e. The van der Waals surface area contributed by atoms with Crippen molar-refractivity contribution in [3.8, 4) is 0 Å². The van der Waals surface area contributed by atoms with Crippen LogP contribution >= 0.6 is 0 Å². The topological polar surface area (TPSA) is 49.3 Å². The van der Waals surface area contributed by atoms with Gasteiger partial charge in [-0.2, -0.15) is 0 Å². The molecule has 72 valence electrons. The van der Waals surface area contributed by atoms with Gasteiger partial charge in [-0.15, -0.1) is 0 Å². The monoisotopic (exact) mass is 173 g/mol. The van der Waals surface area contributed by atoms with E-state index >= 15 is 0 Å². The number of nitrogens with one attached hydrogen (secondary N) is 1. The van der Waals surface area contributed by atoms with Gasteiger partial charge in [-0.3, -0.25) is 4.79 Å². The Morgan fingerprint density at radius 1 is 1.42 bits per heavy atom. The maximum atomic E-state index is 10.3. The molecule has 0 saturated carbocycles. The standard InChI is InChI=1S/C9H19NO2/c1-9(2,6-7-10-3)5-4-8(11)12/h10H,4-7H2,1-3H3,(H,11,12). The van der Waals surface area contributed by atoms with Crippen molar-refractivity contribution in [3.05, 3.63) is 0 Å². The van der Waals surface area contributed by atoms with Gasteiger partial charge in [-0.05, 0) is 31.8 Å². The first-order valence-electron chi connectivity index (χ1n) is 4.34. The molecule has 0 aromatic carbocycles. The summed E-state index contributed by atoms with van der Waals surface area (Å²) in [6.45, 7) is 5.16. The molecule has 0 amide bonds. The van der Waals surface area contributed by atoms with Crippen LogP contribution in [0.5, 0.6) is 0 Å². The average molecular weight is 173 g/mol. The average Bonchev–Trinajstić information content (AvgIpc) is 1.98. The summed E-state index contributed by atoms with van der Waals surface area (Å²) < 4.78 is 0. The van der Waals surface area contributed by atoms with Crippen LogP contribution in [-0.4, -0.2) is 24.7 Å². The smallest absolute Gasteiger partial charge is 0.303 e. The zero-order valence-corrected chi connectivity index (χ0v) is 8.18. The molecule has 0 spiro atoms. The summed E-state index contributed by atoms with van der Waals surface area (Å²) in [7, 11) is 1.91. The molecule has 0 aliphatic rings. The van der Waals surface area contributed by atoms with Crippen LogP contribution in [0, 0.1) is 5.41 Å². The van der Waals surface area contributed by atoms with E-state index in [0.29, 0.717) is 0 Å². The molecule has 0 aliphatic carbocycles. The molecule has 0 aromatic rings. The van der Waals surface area contributed by atoms with Gasteiger partial charge in [0.15, 0.2) is 0 Å². The quantitative estimate of drug-likeness (QED) is 0.639. The predicted octanol–water partition coefficient (Wildman–Crippen LogP) is 1.49. The van der Waals surface area contributed by atoms with Crippen molar-refractivity contribution >= 4 is 5.97 Å². The lowest BCUT2D eigenvalue weighted by molar-refractivity contribution is -0.137. The van der Waals surface area contributed by atoms with E-state index < -0.39 is 5.97 Å². The van der Waals surface area contributed by atoms with Crippen LogP contribution in [0.3, 0.4) is 0 Å². The van der Waals surface area contributed by atoms with Gasteiger partial charge in [-0.25, -0.2) is 0 Å². The summed E-state index contributed by atoms with van der Waals surface area (Å²) >= 11 is 0. The Balaban J connectivity index is 3.63. The van der Waals surface area contributed by atoms with E-state index in [2.05, 4.69) is 19.2 Å². The van der Waals surface area contributed by atoms with Gasteiger partial charge in [0.1, 0.15) is 0 Å². The van der Waals surface area contributed by atoms with E-state index in [1.807, 2.05) is 7.05 Å². The van der Waals surface area contributed by atoms with Crippen LogP contribution in [0.1, 0.15) is 33.1 Å². The maximum Gasteiger partial charge on any atom is 0.303 e. The minimum Gasteiger partial charge on any atom is -0.481 e. The van der Waals surface area contributed by atoms with Gasteiger partial charge >= 0.3 is 5.97 Å². The fraction of sp³-hybridized carbons (Fsp3) is 0.889. The summed E-state index contributed by atoms with van der Waals surface area (Å²) in [6, 6.07) is 0. The minimum atomic E-state index is -0.701. The second-order valence-electron chi connectivity index (χ2n) is 3.91. The van der Waals surface area contributed by atoms with E-state index in [1.54, 1.807) is 0 Å². The SMILES string of the molecule is CNCCC(C)(C)CCC(=O)O. The van der Waals surface area contributed by atoms with E-state index in [4.69, 9.17) is 5.11 Å². The number of hydrogen-bond acceptors (Lipinski definition) is 2. The molecule has 3 nitrogen and oxygen atoms in total. The van der Waals surface area contributed by atoms with Gasteiger partial charge < -0.3 is 10.4 Å². The fourth-order valence-electron chi connectivity index (χ4n) is 1.03. The lowest BCUT2D eigenvalue weighted by Gasteiger charge is -2.23. The van der Waals surface area contributed by atoms with Crippen molar-refractivity contribution in [2.45, 2.75) is 33.1 Å². The van der Waals surface area contributed by atoms with Crippen LogP contribution in [0.4, 0.5) is 0 Å². The Labute approximate surface area is 74.2 Å². The Bertz CT molecular complexity index is 143. The number of carboxylic acid groups (broad SMARTS) is 1. The molecule has 0 saturated heterocycles. The Morgan fingerprint density at radius 2 is 2.00 bits per heavy atom. The third-order valence-corrected chi connectivity index (χ3v) is 2.07. The molecule has 0 unspecified atom stereocenters. The molecule has 2 N–H and O–H groups in total. The van der Waals surface area contributed by atoms with Crippen molar-refractivity contribution in [2.24, 2.45) is 5.41 Å². The highest BCUT2D eigenvalue weighted by Crippen LogP contribution is 2.25. The molecule has 0 aromatic heterocycles. The highest BCUT2D eigenvalue weighted by molar-refractivity contribution is 5.66. The highest BCUT2D eigenvalue weighted by atomic mass is 16.4. The number of rotatable bonds is 6. The molecule has 3 heteroatoms. The molecule has 0 aliphatic heterocycles. The third kappa shape index (κ3) is 6.16. The molecule has 12 heavy (non-hydrogen) atoms. The number of carboxylic acids is 1. The zero-order valence-electron chi connectivity index (χ0n) is 8.18. The lowest BCUT2D eigenvalue weighted by atomic mass is 9.84. The van der Waals surface area contributed by atoms with E-state index in [1.165, 1.54) is 0 Å². The summed E-state index contributed by atoms with van der Waals surface area (Å²) in [5, 5.41) is 11.6. The number of hydrogen-bond donors (Lipinski definition) is 2. The first-order chi connectivity index (χ1) is 5.48. The summed E-state index contributed by atoms with van der Waals surface area (Å²) in [6.07, 6.45) is 2.05. The zero-order chi connectivity index (χ0) is 9.61. The predicted molar refractivity (Wildman–Crippen MR) is 49.2 cm³/mol. The first-order valence-corrected chi connectivity index (χ1v) is 4.34. The third-order valence-electron chi connectivity index (χ3n) is 2.07. The van der Waals surface area contributed by atoms with Crippen LogP contribution < -0.4 is 5.32 Å². The second kappa shape index (κ2) is 5.14. The Hall–Kier alpha value is -0.570. The van der Waals surface area contributed by atoms with Crippen LogP contribution in [0.15, 0.2) is 0 Å². The molecule has 0 rings (SSSR count). The van der Waals surface area contributed by atoms with Gasteiger partial charge in [0.2, 0.25) is 0 Å². The molecule has 0 heterocycles. The first kappa shape index (κ1) is 11.4. The van der Waals surface area contributed by atoms with Crippen molar-refractivity contribution in [3.63, 3.8) is 0 Å². The van der Waals surface area contributed by atoms with Gasteiger partial charge in [-0.1, -0.05) is 13.8 Å². The molecule has 0 atom stereocenters. The van der Waals surface area contributed by atoms with Crippen LogP contribution in [0.25, 0.3) is 0 Å². The lowest BCUT2D eigenvalue weighted by Crippen LogP contribution is -2.20. The van der Waals surface area contributed by atoms with E-state index in [-0.39, 0.29) is 11.8 Å². The minimum absolute atomic E-state index is 0.140. The molecular formula is C9H19NO2. The van der Waals surface area contributed by atoms with E-state index in [9.17, 15) is 4.79 Å². The molecule has 0 bridgehead atoms. The summed E-state index contributed by atoms with van der Waals surface area (Å²) in [5.41, 5.74) is 0.140. The molecule has 0 radical (unpaired) electrons. The van der Waals surface area contributed by atoms with Crippen molar-refractivity contribution in [1.29, 1.82) is 0 Å². The van der Waals surface area contributed by atoms with Gasteiger partial charge in [0.05, 0.1) is 0 Å². The van der Waals surface area contributed by atoms with Crippen molar-refractivity contribution < 1.29 is 9.90 Å². The molecular weight excluding hydrogens is 154 g/mol. The maximum absolute atomic E-state index is 10.3. The number of aliphatic carboxylic acids is 1. The van der Waals surface area contributed by atoms with Crippen LogP contribution in [-0.2, 0) is 4.79 Å². The summed E-state index contributed by atoms with van der Waals surface area (Å²) in [5.74, 6) is -0.701. The number of carbonyl (C=O) groups is 1. The van der Waals surface area contributed by atoms with Gasteiger partial charge in [0.25, 0.3) is 0 Å². The normalized spacial score (nSPS) is 11.6. The van der Waals surface area contributed by atoms with Crippen molar-refractivity contribution in [2.75, 3.05) is 13.6 Å². The second-order valence-corrected chi connectivity index (χ2v) is 3.91. The van der Waals surface area contributed by atoms with E-state index in [0.717, 1.165) is 19.4 Å². The van der Waals surface area contributed by atoms with Gasteiger partial charge in [0, 0.05) is 6.42 Å².